The lowest BCUT2D eigenvalue weighted by Gasteiger charge is -2.11. The standard InChI is InChI=1S/C18H13F3N2O4S/c19-18(20,21)28(25,26)27-15-8-4-5-13(11-15)12-16-17(24)9-10-23(22-16)14-6-2-1-3-7-14/h1-11H,12H2. The Morgan fingerprint density at radius 2 is 1.71 bits per heavy atom. The van der Waals surface area contributed by atoms with Crippen molar-refractivity contribution in [1.82, 2.24) is 9.78 Å². The molecule has 0 bridgehead atoms. The van der Waals surface area contributed by atoms with Gasteiger partial charge in [-0.3, -0.25) is 4.79 Å². The number of benzene rings is 2. The van der Waals surface area contributed by atoms with Crippen LogP contribution in [0.2, 0.25) is 0 Å². The second-order valence-corrected chi connectivity index (χ2v) is 7.25. The lowest BCUT2D eigenvalue weighted by molar-refractivity contribution is -0.0500. The zero-order chi connectivity index (χ0) is 20.4. The quantitative estimate of drug-likeness (QED) is 0.477. The number of aromatic nitrogens is 2. The summed E-state index contributed by atoms with van der Waals surface area (Å²) in [6.07, 6.45) is 1.48. The number of alkyl halides is 3. The summed E-state index contributed by atoms with van der Waals surface area (Å²) in [5.41, 5.74) is -4.67. The molecule has 146 valence electrons. The van der Waals surface area contributed by atoms with Crippen LogP contribution in [-0.2, 0) is 16.5 Å². The molecule has 0 saturated heterocycles. The molecule has 0 spiro atoms. The van der Waals surface area contributed by atoms with E-state index in [4.69, 9.17) is 0 Å². The van der Waals surface area contributed by atoms with Gasteiger partial charge < -0.3 is 4.18 Å². The average molecular weight is 410 g/mol. The monoisotopic (exact) mass is 410 g/mol. The molecule has 2 aromatic carbocycles. The summed E-state index contributed by atoms with van der Waals surface area (Å²) in [5, 5.41) is 4.25. The molecule has 0 atom stereocenters. The molecule has 1 aromatic heterocycles. The Morgan fingerprint density at radius 3 is 2.39 bits per heavy atom. The molecule has 3 aromatic rings. The van der Waals surface area contributed by atoms with E-state index in [0.717, 1.165) is 17.8 Å². The Labute approximate surface area is 157 Å². The summed E-state index contributed by atoms with van der Waals surface area (Å²) < 4.78 is 65.2. The molecule has 3 rings (SSSR count). The highest BCUT2D eigenvalue weighted by atomic mass is 32.2. The van der Waals surface area contributed by atoms with Crippen LogP contribution in [-0.4, -0.2) is 23.7 Å². The number of hydrogen-bond acceptors (Lipinski definition) is 5. The summed E-state index contributed by atoms with van der Waals surface area (Å²) in [6, 6.07) is 15.4. The molecule has 0 aliphatic heterocycles. The third kappa shape index (κ3) is 4.39. The van der Waals surface area contributed by atoms with Crippen LogP contribution in [0.4, 0.5) is 13.2 Å². The van der Waals surface area contributed by atoms with Gasteiger partial charge in [-0.25, -0.2) is 4.68 Å². The van der Waals surface area contributed by atoms with Crippen molar-refractivity contribution in [3.63, 3.8) is 0 Å². The molecule has 0 aliphatic carbocycles. The van der Waals surface area contributed by atoms with E-state index >= 15 is 0 Å². The van der Waals surface area contributed by atoms with E-state index in [9.17, 15) is 26.4 Å². The Bertz CT molecular complexity index is 1140. The zero-order valence-corrected chi connectivity index (χ0v) is 14.9. The van der Waals surface area contributed by atoms with Gasteiger partial charge in [0, 0.05) is 18.7 Å². The van der Waals surface area contributed by atoms with Gasteiger partial charge >= 0.3 is 15.6 Å². The van der Waals surface area contributed by atoms with Crippen LogP contribution < -0.4 is 9.61 Å². The largest absolute Gasteiger partial charge is 0.534 e. The Morgan fingerprint density at radius 1 is 1.00 bits per heavy atom. The number of hydrogen-bond donors (Lipinski definition) is 0. The highest BCUT2D eigenvalue weighted by Crippen LogP contribution is 2.27. The molecule has 6 nitrogen and oxygen atoms in total. The van der Waals surface area contributed by atoms with Crippen LogP contribution in [0, 0.1) is 0 Å². The number of rotatable bonds is 5. The van der Waals surface area contributed by atoms with E-state index < -0.39 is 21.4 Å². The van der Waals surface area contributed by atoms with E-state index in [0.29, 0.717) is 5.56 Å². The average Bonchev–Trinajstić information content (AvgIpc) is 2.63. The van der Waals surface area contributed by atoms with Crippen molar-refractivity contribution in [2.45, 2.75) is 11.9 Å². The Balaban J connectivity index is 1.88. The van der Waals surface area contributed by atoms with Crippen molar-refractivity contribution in [3.05, 3.63) is 88.3 Å². The molecule has 0 aliphatic rings. The fraction of sp³-hybridized carbons (Fsp3) is 0.111. The third-order valence-corrected chi connectivity index (χ3v) is 4.64. The lowest BCUT2D eigenvalue weighted by Crippen LogP contribution is -2.28. The van der Waals surface area contributed by atoms with Gasteiger partial charge in [0.15, 0.2) is 0 Å². The number of para-hydroxylation sites is 1. The van der Waals surface area contributed by atoms with Gasteiger partial charge in [0.1, 0.15) is 11.4 Å². The predicted octanol–water partition coefficient (Wildman–Crippen LogP) is 3.05. The summed E-state index contributed by atoms with van der Waals surface area (Å²) in [4.78, 5) is 12.1. The molecule has 0 radical (unpaired) electrons. The van der Waals surface area contributed by atoms with Crippen molar-refractivity contribution in [1.29, 1.82) is 0 Å². The molecule has 0 unspecified atom stereocenters. The molecule has 10 heteroatoms. The van der Waals surface area contributed by atoms with E-state index in [2.05, 4.69) is 9.28 Å². The van der Waals surface area contributed by atoms with Crippen LogP contribution >= 0.6 is 0 Å². The maximum atomic E-state index is 12.5. The first kappa shape index (κ1) is 19.6. The van der Waals surface area contributed by atoms with Crippen molar-refractivity contribution >= 4 is 10.1 Å². The van der Waals surface area contributed by atoms with Crippen LogP contribution in [0.25, 0.3) is 5.69 Å². The van der Waals surface area contributed by atoms with E-state index in [1.54, 1.807) is 24.3 Å². The van der Waals surface area contributed by atoms with Crippen molar-refractivity contribution in [2.75, 3.05) is 0 Å². The minimum atomic E-state index is -5.77. The van der Waals surface area contributed by atoms with Crippen LogP contribution in [0.15, 0.2) is 71.7 Å². The second-order valence-electron chi connectivity index (χ2n) is 5.71. The molecular weight excluding hydrogens is 397 g/mol. The molecule has 0 amide bonds. The van der Waals surface area contributed by atoms with Gasteiger partial charge in [-0.05, 0) is 29.8 Å². The third-order valence-electron chi connectivity index (χ3n) is 3.66. The first-order valence-electron chi connectivity index (χ1n) is 7.90. The highest BCUT2D eigenvalue weighted by Gasteiger charge is 2.48. The van der Waals surface area contributed by atoms with Gasteiger partial charge in [-0.15, -0.1) is 0 Å². The van der Waals surface area contributed by atoms with Gasteiger partial charge in [0.25, 0.3) is 0 Å². The minimum absolute atomic E-state index is 0.0181. The van der Waals surface area contributed by atoms with Gasteiger partial charge in [0.2, 0.25) is 5.43 Å². The number of halogens is 3. The Hall–Kier alpha value is -3.14. The molecule has 1 heterocycles. The summed E-state index contributed by atoms with van der Waals surface area (Å²) >= 11 is 0. The van der Waals surface area contributed by atoms with E-state index in [1.165, 1.54) is 29.1 Å². The molecule has 0 N–H and O–H groups in total. The van der Waals surface area contributed by atoms with E-state index in [1.807, 2.05) is 6.07 Å². The summed E-state index contributed by atoms with van der Waals surface area (Å²) in [5.74, 6) is -0.505. The molecule has 28 heavy (non-hydrogen) atoms. The first-order valence-corrected chi connectivity index (χ1v) is 9.30. The predicted molar refractivity (Wildman–Crippen MR) is 94.7 cm³/mol. The molecule has 0 saturated carbocycles. The maximum Gasteiger partial charge on any atom is 0.534 e. The molecule has 0 fully saturated rings. The van der Waals surface area contributed by atoms with Gasteiger partial charge in [0.05, 0.1) is 5.69 Å². The normalized spacial score (nSPS) is 12.0. The maximum absolute atomic E-state index is 12.5. The summed E-state index contributed by atoms with van der Waals surface area (Å²) in [6.45, 7) is 0. The fourth-order valence-electron chi connectivity index (χ4n) is 2.37. The Kier molecular flexibility index (Phi) is 5.23. The van der Waals surface area contributed by atoms with Crippen molar-refractivity contribution in [3.8, 4) is 11.4 Å². The van der Waals surface area contributed by atoms with Crippen LogP contribution in [0.1, 0.15) is 11.3 Å². The smallest absolute Gasteiger partial charge is 0.376 e. The topological polar surface area (TPSA) is 78.3 Å². The second kappa shape index (κ2) is 7.47. The SMILES string of the molecule is O=c1ccn(-c2ccccc2)nc1Cc1cccc(OS(=O)(=O)C(F)(F)F)c1. The van der Waals surface area contributed by atoms with Crippen LogP contribution in [0.3, 0.4) is 0 Å². The zero-order valence-electron chi connectivity index (χ0n) is 14.1. The van der Waals surface area contributed by atoms with Crippen molar-refractivity contribution < 1.29 is 25.8 Å². The molecular formula is C18H13F3N2O4S. The lowest BCUT2D eigenvalue weighted by atomic mass is 10.1. The highest BCUT2D eigenvalue weighted by molar-refractivity contribution is 7.88. The minimum Gasteiger partial charge on any atom is -0.376 e. The first-order chi connectivity index (χ1) is 13.2. The van der Waals surface area contributed by atoms with Crippen molar-refractivity contribution in [2.24, 2.45) is 0 Å². The van der Waals surface area contributed by atoms with E-state index in [-0.39, 0.29) is 17.5 Å². The van der Waals surface area contributed by atoms with Gasteiger partial charge in [-0.2, -0.15) is 26.7 Å². The van der Waals surface area contributed by atoms with Crippen LogP contribution in [0.5, 0.6) is 5.75 Å². The number of nitrogens with zero attached hydrogens (tertiary/aromatic N) is 2. The van der Waals surface area contributed by atoms with Gasteiger partial charge in [-0.1, -0.05) is 30.3 Å². The fourth-order valence-corrected chi connectivity index (χ4v) is 2.82. The summed E-state index contributed by atoms with van der Waals surface area (Å²) in [7, 11) is -5.77.